The molecule has 0 bridgehead atoms. The Kier molecular flexibility index (Phi) is 19.8. The number of phosphoric ester groups is 1. The standard InChI is InChI=1S/C10H13Cl2N2O7P.C10H17N2O15P3.C10H14N2O6/c1-13-6(15)2-3-14(10(13)18)9-8(17)7(16)5(21-9)4-20-22(11,12)19;1-11-6(13)2-3-12(10(11)16)9-8(15)7(14)5(25-9)4-24-29(20,21)27-30(22,23)26-28(17,18)19;1-11-6(14)2-3-12(10(11)17)9-8(16)7(15)5(4-13)18-9/h2-3,5,7-9,16-17H,4H2,1H3;2-3,5,7-9,14-15H,4H2,1H3,(H,20,21)(H,22,23)(H2,17,18,19);2-3,5,7-9,13,15-16H,4H2,1H3/t3*5-,7?,8+,9-/m111/s1. The second kappa shape index (κ2) is 23.4. The van der Waals surface area contributed by atoms with Crippen LogP contribution >= 0.6 is 52.0 Å². The van der Waals surface area contributed by atoms with Gasteiger partial charge in [0.05, 0.1) is 19.8 Å². The van der Waals surface area contributed by atoms with E-state index >= 15 is 0 Å². The molecule has 0 spiro atoms. The monoisotopic (exact) mass is 1130 g/mol. The average Bonchev–Trinajstić information content (AvgIpc) is 3.82. The van der Waals surface area contributed by atoms with E-state index in [0.717, 1.165) is 60.5 Å². The molecular weight excluding hydrogens is 1090 g/mol. The van der Waals surface area contributed by atoms with Crippen LogP contribution in [-0.4, -0.2) is 157 Å². The molecule has 3 aromatic heterocycles. The van der Waals surface area contributed by atoms with Crippen molar-refractivity contribution in [3.05, 3.63) is 99.3 Å². The minimum Gasteiger partial charge on any atom is -0.394 e. The predicted molar refractivity (Wildman–Crippen MR) is 228 cm³/mol. The van der Waals surface area contributed by atoms with E-state index in [0.29, 0.717) is 4.57 Å². The number of halogens is 2. The summed E-state index contributed by atoms with van der Waals surface area (Å²) in [5, 5.41) is 68.2. The van der Waals surface area contributed by atoms with E-state index in [-0.39, 0.29) is 0 Å². The average molecular weight is 1130 g/mol. The van der Waals surface area contributed by atoms with Crippen LogP contribution in [0.15, 0.2) is 65.6 Å². The fourth-order valence-electron chi connectivity index (χ4n) is 6.28. The number of ether oxygens (including phenoxy) is 3. The fourth-order valence-corrected chi connectivity index (χ4v) is 9.97. The normalized spacial score (nSPS) is 29.6. The van der Waals surface area contributed by atoms with Gasteiger partial charge in [-0.1, -0.05) is 0 Å². The van der Waals surface area contributed by atoms with Crippen molar-refractivity contribution < 1.29 is 105 Å². The van der Waals surface area contributed by atoms with Crippen molar-refractivity contribution in [3.63, 3.8) is 0 Å². The molecule has 3 saturated heterocycles. The van der Waals surface area contributed by atoms with E-state index in [2.05, 4.69) is 17.7 Å². The number of hydrogen-bond donors (Lipinski definition) is 11. The quantitative estimate of drug-likeness (QED) is 0.0671. The van der Waals surface area contributed by atoms with E-state index in [1.165, 1.54) is 20.3 Å². The van der Waals surface area contributed by atoms with E-state index in [9.17, 15) is 82.6 Å². The Bertz CT molecular complexity index is 2920. The molecule has 40 heteroatoms. The second-order valence-electron chi connectivity index (χ2n) is 14.6. The molecule has 34 nitrogen and oxygen atoms in total. The zero-order valence-electron chi connectivity index (χ0n) is 35.6. The van der Waals surface area contributed by atoms with Crippen LogP contribution in [0, 0.1) is 0 Å². The van der Waals surface area contributed by atoms with Crippen molar-refractivity contribution in [1.29, 1.82) is 0 Å². The van der Waals surface area contributed by atoms with Crippen molar-refractivity contribution in [2.24, 2.45) is 21.1 Å². The number of nitrogens with zero attached hydrogens (tertiary/aromatic N) is 6. The maximum absolute atomic E-state index is 12.1. The molecule has 0 saturated carbocycles. The summed E-state index contributed by atoms with van der Waals surface area (Å²) < 4.78 is 81.4. The first-order chi connectivity index (χ1) is 32.1. The van der Waals surface area contributed by atoms with Gasteiger partial charge in [0.1, 0.15) is 54.9 Å². The maximum Gasteiger partial charge on any atom is 0.490 e. The third-order valence-electron chi connectivity index (χ3n) is 9.87. The summed E-state index contributed by atoms with van der Waals surface area (Å²) in [5.41, 5.74) is -3.98. The van der Waals surface area contributed by atoms with Crippen molar-refractivity contribution >= 4 is 52.0 Å². The van der Waals surface area contributed by atoms with Crippen molar-refractivity contribution in [2.75, 3.05) is 19.8 Å². The summed E-state index contributed by atoms with van der Waals surface area (Å²) in [6, 6.07) is 3.23. The molecule has 0 radical (unpaired) electrons. The SMILES string of the molecule is Cn1c(=O)ccn([C@@H]2O[C@H](CO)C(O)[C@@H]2O)c1=O.Cn1c(=O)ccn([C@@H]2O[C@H](COP(=O)(Cl)Cl)C(O)[C@@H]2O)c1=O.Cn1c(=O)ccn([C@@H]2O[C@H](COP(=O)(O)OP(=O)(O)OP(=O)(O)O)C(O)[C@@H]2O)c1=O. The Morgan fingerprint density at radius 2 is 0.829 bits per heavy atom. The van der Waals surface area contributed by atoms with Gasteiger partial charge >= 0.3 is 46.6 Å². The lowest BCUT2D eigenvalue weighted by Crippen LogP contribution is -2.41. The largest absolute Gasteiger partial charge is 0.490 e. The second-order valence-corrected chi connectivity index (χ2v) is 23.3. The molecule has 70 heavy (non-hydrogen) atoms. The van der Waals surface area contributed by atoms with Crippen LogP contribution in [0.1, 0.15) is 18.7 Å². The highest BCUT2D eigenvalue weighted by molar-refractivity contribution is 8.05. The number of hydrogen-bond acceptors (Lipinski definition) is 24. The topological polar surface area (TPSA) is 487 Å². The lowest BCUT2D eigenvalue weighted by atomic mass is 10.1. The molecule has 6 rings (SSSR count). The van der Waals surface area contributed by atoms with Crippen LogP contribution in [0.2, 0.25) is 0 Å². The van der Waals surface area contributed by atoms with Gasteiger partial charge in [0.15, 0.2) is 18.7 Å². The molecule has 0 aliphatic carbocycles. The molecule has 14 atom stereocenters. The Balaban J connectivity index is 0.000000236. The minimum absolute atomic E-state index is 0.445. The van der Waals surface area contributed by atoms with Gasteiger partial charge in [-0.25, -0.2) is 28.1 Å². The summed E-state index contributed by atoms with van der Waals surface area (Å²) in [5.74, 6) is 0. The van der Waals surface area contributed by atoms with Gasteiger partial charge in [0.25, 0.3) is 16.7 Å². The number of phosphoric acid groups is 3. The van der Waals surface area contributed by atoms with Gasteiger partial charge < -0.3 is 74.1 Å². The summed E-state index contributed by atoms with van der Waals surface area (Å²) >= 11 is 10.4. The fraction of sp³-hybridized carbons (Fsp3) is 0.600. The van der Waals surface area contributed by atoms with Gasteiger partial charge in [0.2, 0.25) is 0 Å². The smallest absolute Gasteiger partial charge is 0.394 e. The van der Waals surface area contributed by atoms with E-state index < -0.39 is 157 Å². The highest BCUT2D eigenvalue weighted by Crippen LogP contribution is 2.66. The molecule has 0 amide bonds. The van der Waals surface area contributed by atoms with Gasteiger partial charge in [-0.2, -0.15) is 8.62 Å². The number of aromatic nitrogens is 6. The number of rotatable bonds is 14. The molecule has 3 aromatic rings. The Labute approximate surface area is 397 Å². The lowest BCUT2D eigenvalue weighted by Gasteiger charge is -2.19. The molecule has 3 aliphatic rings. The summed E-state index contributed by atoms with van der Waals surface area (Å²) in [6.45, 7) is -1.96. The third kappa shape index (κ3) is 14.7. The number of aliphatic hydroxyl groups is 7. The molecule has 5 unspecified atom stereocenters. The summed E-state index contributed by atoms with van der Waals surface area (Å²) in [7, 11) is -13.1. The van der Waals surface area contributed by atoms with Crippen molar-refractivity contribution in [3.8, 4) is 0 Å². The van der Waals surface area contributed by atoms with Crippen LogP contribution in [0.4, 0.5) is 0 Å². The van der Waals surface area contributed by atoms with E-state index in [1.807, 2.05) is 0 Å². The molecule has 3 fully saturated rings. The Morgan fingerprint density at radius 3 is 1.13 bits per heavy atom. The first kappa shape index (κ1) is 59.4. The number of aliphatic hydroxyl groups excluding tert-OH is 7. The van der Waals surface area contributed by atoms with Crippen LogP contribution < -0.4 is 33.7 Å². The van der Waals surface area contributed by atoms with Crippen molar-refractivity contribution in [2.45, 2.75) is 73.6 Å². The minimum atomic E-state index is -5.73. The van der Waals surface area contributed by atoms with Gasteiger partial charge in [-0.3, -0.25) is 50.9 Å². The Hall–Kier alpha value is -3.18. The zero-order chi connectivity index (χ0) is 53.2. The van der Waals surface area contributed by atoms with Crippen LogP contribution in [0.3, 0.4) is 0 Å². The molecule has 0 aromatic carbocycles. The highest BCUT2D eigenvalue weighted by Gasteiger charge is 2.48. The van der Waals surface area contributed by atoms with E-state index in [1.54, 1.807) is 0 Å². The van der Waals surface area contributed by atoms with Crippen LogP contribution in [0.25, 0.3) is 0 Å². The molecule has 11 N–H and O–H groups in total. The molecular formula is C30H44Cl2N6O28P4. The third-order valence-corrected chi connectivity index (χ3v) is 14.7. The first-order valence-electron chi connectivity index (χ1n) is 19.0. The zero-order valence-corrected chi connectivity index (χ0v) is 40.7. The van der Waals surface area contributed by atoms with Gasteiger partial charge in [0, 0.05) is 57.9 Å². The van der Waals surface area contributed by atoms with E-state index in [4.69, 9.17) is 56.5 Å². The van der Waals surface area contributed by atoms with Gasteiger partial charge in [-0.05, 0) is 22.5 Å². The Morgan fingerprint density at radius 1 is 0.514 bits per heavy atom. The maximum atomic E-state index is 12.1. The summed E-state index contributed by atoms with van der Waals surface area (Å²) in [6.07, 6.45) is -17.1. The summed E-state index contributed by atoms with van der Waals surface area (Å²) in [4.78, 5) is 105. The molecule has 396 valence electrons. The first-order valence-corrected chi connectivity index (χ1v) is 27.0. The van der Waals surface area contributed by atoms with Crippen molar-refractivity contribution in [1.82, 2.24) is 27.4 Å². The lowest BCUT2D eigenvalue weighted by molar-refractivity contribution is -0.0555. The van der Waals surface area contributed by atoms with Crippen LogP contribution in [-0.2, 0) is 71.3 Å². The van der Waals surface area contributed by atoms with Gasteiger partial charge in [-0.15, -0.1) is 0 Å². The highest BCUT2D eigenvalue weighted by atomic mass is 35.9. The predicted octanol–water partition coefficient (Wildman–Crippen LogP) is -5.56. The molecule has 6 heterocycles. The molecule has 3 aliphatic heterocycles. The van der Waals surface area contributed by atoms with Crippen LogP contribution in [0.5, 0.6) is 0 Å².